The Hall–Kier alpha value is -0.700. The van der Waals surface area contributed by atoms with Crippen LogP contribution in [0.1, 0.15) is 6.92 Å². The summed E-state index contributed by atoms with van der Waals surface area (Å²) in [5.74, 6) is -0.227. The van der Waals surface area contributed by atoms with Crippen LogP contribution in [-0.4, -0.2) is 68.2 Å². The number of hydrogen-bond acceptors (Lipinski definition) is 4. The number of piperazine rings is 2. The molecule has 0 radical (unpaired) electrons. The molecule has 2 heterocycles. The van der Waals surface area contributed by atoms with Crippen LogP contribution in [0.3, 0.4) is 0 Å². The minimum Gasteiger partial charge on any atom is -0.353 e. The third-order valence-corrected chi connectivity index (χ3v) is 5.25. The maximum Gasteiger partial charge on any atom is 0.282 e. The molecule has 2 N–H and O–H groups in total. The highest BCUT2D eigenvalue weighted by molar-refractivity contribution is 7.86. The SMILES string of the molecule is CC1C(=O)NCCN1S(=O)(=O)N1CCNCC1. The lowest BCUT2D eigenvalue weighted by molar-refractivity contribution is -0.126. The lowest BCUT2D eigenvalue weighted by Gasteiger charge is -2.37. The molecule has 1 atom stereocenters. The van der Waals surface area contributed by atoms with Crippen LogP contribution < -0.4 is 10.6 Å². The smallest absolute Gasteiger partial charge is 0.282 e. The van der Waals surface area contributed by atoms with Gasteiger partial charge >= 0.3 is 0 Å². The number of carbonyl (C=O) groups is 1. The number of carbonyl (C=O) groups excluding carboxylic acids is 1. The molecule has 0 aromatic rings. The molecule has 1 unspecified atom stereocenters. The van der Waals surface area contributed by atoms with Gasteiger partial charge in [0.15, 0.2) is 0 Å². The van der Waals surface area contributed by atoms with Crippen LogP contribution in [-0.2, 0) is 15.0 Å². The zero-order valence-corrected chi connectivity index (χ0v) is 10.7. The number of hydrogen-bond donors (Lipinski definition) is 2. The summed E-state index contributed by atoms with van der Waals surface area (Å²) in [5.41, 5.74) is 0. The molecule has 0 saturated carbocycles. The largest absolute Gasteiger partial charge is 0.353 e. The first-order chi connectivity index (χ1) is 8.03. The van der Waals surface area contributed by atoms with Crippen molar-refractivity contribution in [2.24, 2.45) is 0 Å². The maximum absolute atomic E-state index is 12.3. The van der Waals surface area contributed by atoms with Gasteiger partial charge in [-0.2, -0.15) is 17.0 Å². The molecule has 0 bridgehead atoms. The van der Waals surface area contributed by atoms with E-state index in [1.165, 1.54) is 8.61 Å². The number of nitrogens with one attached hydrogen (secondary N) is 2. The highest BCUT2D eigenvalue weighted by Gasteiger charge is 2.38. The van der Waals surface area contributed by atoms with E-state index < -0.39 is 16.3 Å². The topological polar surface area (TPSA) is 81.8 Å². The van der Waals surface area contributed by atoms with Crippen molar-refractivity contribution in [2.45, 2.75) is 13.0 Å². The van der Waals surface area contributed by atoms with E-state index in [0.717, 1.165) is 0 Å². The van der Waals surface area contributed by atoms with Gasteiger partial charge in [-0.3, -0.25) is 4.79 Å². The van der Waals surface area contributed by atoms with Crippen molar-refractivity contribution < 1.29 is 13.2 Å². The Balaban J connectivity index is 2.16. The van der Waals surface area contributed by atoms with Crippen LogP contribution >= 0.6 is 0 Å². The normalized spacial score (nSPS) is 29.0. The quantitative estimate of drug-likeness (QED) is 0.600. The standard InChI is InChI=1S/C9H18N4O3S/c1-8-9(14)11-4-7-13(8)17(15,16)12-5-2-10-3-6-12/h8,10H,2-7H2,1H3,(H,11,14). The summed E-state index contributed by atoms with van der Waals surface area (Å²) < 4.78 is 27.4. The van der Waals surface area contributed by atoms with Gasteiger partial charge < -0.3 is 10.6 Å². The van der Waals surface area contributed by atoms with Gasteiger partial charge in [0.25, 0.3) is 10.2 Å². The molecule has 8 heteroatoms. The van der Waals surface area contributed by atoms with Gasteiger partial charge in [-0.1, -0.05) is 0 Å². The van der Waals surface area contributed by atoms with Crippen molar-refractivity contribution in [1.29, 1.82) is 0 Å². The van der Waals surface area contributed by atoms with E-state index in [0.29, 0.717) is 39.3 Å². The molecule has 0 aromatic heterocycles. The van der Waals surface area contributed by atoms with Gasteiger partial charge in [0, 0.05) is 39.3 Å². The summed E-state index contributed by atoms with van der Waals surface area (Å²) in [6.07, 6.45) is 0. The molecule has 98 valence electrons. The van der Waals surface area contributed by atoms with Crippen LogP contribution in [0.25, 0.3) is 0 Å². The van der Waals surface area contributed by atoms with Crippen LogP contribution in [0.2, 0.25) is 0 Å². The molecule has 17 heavy (non-hydrogen) atoms. The predicted octanol–water partition coefficient (Wildman–Crippen LogP) is -2.04. The van der Waals surface area contributed by atoms with E-state index in [4.69, 9.17) is 0 Å². The van der Waals surface area contributed by atoms with Gasteiger partial charge in [-0.15, -0.1) is 0 Å². The van der Waals surface area contributed by atoms with E-state index >= 15 is 0 Å². The van der Waals surface area contributed by atoms with E-state index in [9.17, 15) is 13.2 Å². The number of rotatable bonds is 2. The zero-order chi connectivity index (χ0) is 12.5. The minimum absolute atomic E-state index is 0.227. The van der Waals surface area contributed by atoms with Crippen LogP contribution in [0, 0.1) is 0 Å². The van der Waals surface area contributed by atoms with Gasteiger partial charge in [0.2, 0.25) is 5.91 Å². The van der Waals surface area contributed by atoms with Crippen LogP contribution in [0.15, 0.2) is 0 Å². The molecular formula is C9H18N4O3S. The maximum atomic E-state index is 12.3. The minimum atomic E-state index is -3.50. The fourth-order valence-electron chi connectivity index (χ4n) is 2.10. The van der Waals surface area contributed by atoms with E-state index in [-0.39, 0.29) is 5.91 Å². The highest BCUT2D eigenvalue weighted by atomic mass is 32.2. The average molecular weight is 262 g/mol. The third-order valence-electron chi connectivity index (χ3n) is 3.14. The molecule has 2 aliphatic heterocycles. The summed E-state index contributed by atoms with van der Waals surface area (Å²) in [6, 6.07) is -0.622. The predicted molar refractivity (Wildman–Crippen MR) is 62.5 cm³/mol. The molecule has 0 spiro atoms. The average Bonchev–Trinajstić information content (AvgIpc) is 2.33. The lowest BCUT2D eigenvalue weighted by Crippen LogP contribution is -2.60. The molecule has 7 nitrogen and oxygen atoms in total. The molecule has 2 aliphatic rings. The second-order valence-electron chi connectivity index (χ2n) is 4.23. The second kappa shape index (κ2) is 4.89. The molecule has 0 aromatic carbocycles. The monoisotopic (exact) mass is 262 g/mol. The van der Waals surface area contributed by atoms with Crippen molar-refractivity contribution in [2.75, 3.05) is 39.3 Å². The Morgan fingerprint density at radius 1 is 1.18 bits per heavy atom. The number of amides is 1. The fourth-order valence-corrected chi connectivity index (χ4v) is 3.86. The molecule has 2 rings (SSSR count). The Kier molecular flexibility index (Phi) is 3.67. The van der Waals surface area contributed by atoms with Crippen molar-refractivity contribution in [3.8, 4) is 0 Å². The first-order valence-electron chi connectivity index (χ1n) is 5.79. The van der Waals surface area contributed by atoms with Gasteiger partial charge in [-0.25, -0.2) is 0 Å². The van der Waals surface area contributed by atoms with Crippen molar-refractivity contribution >= 4 is 16.1 Å². The first kappa shape index (κ1) is 12.7. The first-order valence-corrected chi connectivity index (χ1v) is 7.18. The van der Waals surface area contributed by atoms with E-state index in [2.05, 4.69) is 10.6 Å². The summed E-state index contributed by atoms with van der Waals surface area (Å²) in [7, 11) is -3.50. The summed E-state index contributed by atoms with van der Waals surface area (Å²) in [6.45, 7) is 4.60. The van der Waals surface area contributed by atoms with Gasteiger partial charge in [0.05, 0.1) is 0 Å². The van der Waals surface area contributed by atoms with E-state index in [1.54, 1.807) is 6.92 Å². The van der Waals surface area contributed by atoms with Crippen molar-refractivity contribution in [1.82, 2.24) is 19.2 Å². The van der Waals surface area contributed by atoms with E-state index in [1.807, 2.05) is 0 Å². The Bertz CT molecular complexity index is 391. The van der Waals surface area contributed by atoms with Crippen LogP contribution in [0.4, 0.5) is 0 Å². The molecule has 2 fully saturated rings. The van der Waals surface area contributed by atoms with Crippen LogP contribution in [0.5, 0.6) is 0 Å². The molecule has 0 aliphatic carbocycles. The molecular weight excluding hydrogens is 244 g/mol. The Labute approximate surface area is 101 Å². The number of nitrogens with zero attached hydrogens (tertiary/aromatic N) is 2. The molecule has 2 saturated heterocycles. The Morgan fingerprint density at radius 3 is 2.47 bits per heavy atom. The molecule has 1 amide bonds. The lowest BCUT2D eigenvalue weighted by atomic mass is 10.2. The Morgan fingerprint density at radius 2 is 1.82 bits per heavy atom. The second-order valence-corrected chi connectivity index (χ2v) is 6.12. The van der Waals surface area contributed by atoms with Crippen molar-refractivity contribution in [3.63, 3.8) is 0 Å². The summed E-state index contributed by atoms with van der Waals surface area (Å²) in [4.78, 5) is 11.5. The fraction of sp³-hybridized carbons (Fsp3) is 0.889. The highest BCUT2D eigenvalue weighted by Crippen LogP contribution is 2.15. The van der Waals surface area contributed by atoms with Crippen molar-refractivity contribution in [3.05, 3.63) is 0 Å². The third kappa shape index (κ3) is 2.44. The summed E-state index contributed by atoms with van der Waals surface area (Å²) >= 11 is 0. The van der Waals surface area contributed by atoms with Gasteiger partial charge in [0.1, 0.15) is 6.04 Å². The zero-order valence-electron chi connectivity index (χ0n) is 9.85. The summed E-state index contributed by atoms with van der Waals surface area (Å²) in [5, 5.41) is 5.77. The van der Waals surface area contributed by atoms with Gasteiger partial charge in [-0.05, 0) is 6.92 Å².